The Morgan fingerprint density at radius 3 is 2.45 bits per heavy atom. The average molecular weight is 409 g/mol. The first-order valence-corrected chi connectivity index (χ1v) is 9.61. The number of carbonyl (C=O) groups excluding carboxylic acids is 2. The van der Waals surface area contributed by atoms with E-state index in [4.69, 9.17) is 23.7 Å². The zero-order chi connectivity index (χ0) is 21.5. The van der Waals surface area contributed by atoms with Crippen LogP contribution in [0.3, 0.4) is 0 Å². The van der Waals surface area contributed by atoms with Gasteiger partial charge < -0.3 is 29.0 Å². The van der Waals surface area contributed by atoms with Crippen molar-refractivity contribution in [1.29, 1.82) is 0 Å². The third kappa shape index (κ3) is 6.69. The van der Waals surface area contributed by atoms with E-state index in [-0.39, 0.29) is 13.0 Å². The Bertz CT molecular complexity index is 667. The topological polar surface area (TPSA) is 92.3 Å². The molecule has 1 aromatic rings. The second-order valence-corrected chi connectivity index (χ2v) is 7.86. The van der Waals surface area contributed by atoms with Crippen molar-refractivity contribution in [2.45, 2.75) is 57.1 Å². The summed E-state index contributed by atoms with van der Waals surface area (Å²) in [6.07, 6.45) is -0.794. The Hall–Kier alpha value is -2.16. The third-order valence-electron chi connectivity index (χ3n) is 4.56. The molecule has 0 unspecified atom stereocenters. The molecule has 1 saturated heterocycles. The van der Waals surface area contributed by atoms with E-state index in [1.54, 1.807) is 20.8 Å². The maximum Gasteiger partial charge on any atom is 0.408 e. The van der Waals surface area contributed by atoms with E-state index in [0.29, 0.717) is 13.0 Å². The molecular weight excluding hydrogens is 378 g/mol. The minimum Gasteiger partial charge on any atom is -0.453 e. The van der Waals surface area contributed by atoms with Crippen molar-refractivity contribution in [1.82, 2.24) is 5.32 Å². The zero-order valence-corrected chi connectivity index (χ0v) is 17.7. The largest absolute Gasteiger partial charge is 0.453 e. The number of rotatable bonds is 7. The van der Waals surface area contributed by atoms with Crippen LogP contribution in [-0.2, 0) is 34.9 Å². The van der Waals surface area contributed by atoms with Crippen molar-refractivity contribution in [2.24, 2.45) is 0 Å². The van der Waals surface area contributed by atoms with Crippen LogP contribution < -0.4 is 5.32 Å². The number of esters is 1. The molecule has 29 heavy (non-hydrogen) atoms. The van der Waals surface area contributed by atoms with Crippen LogP contribution in [0.2, 0.25) is 0 Å². The predicted octanol–water partition coefficient (Wildman–Crippen LogP) is 2.44. The maximum absolute atomic E-state index is 13.0. The highest BCUT2D eigenvalue weighted by Crippen LogP contribution is 2.28. The molecule has 162 valence electrons. The van der Waals surface area contributed by atoms with Gasteiger partial charge in [0.1, 0.15) is 11.6 Å². The molecule has 8 heteroatoms. The van der Waals surface area contributed by atoms with Crippen molar-refractivity contribution in [3.05, 3.63) is 35.9 Å². The van der Waals surface area contributed by atoms with Gasteiger partial charge in [-0.3, -0.25) is 0 Å². The summed E-state index contributed by atoms with van der Waals surface area (Å²) in [7, 11) is 2.99. The van der Waals surface area contributed by atoms with E-state index >= 15 is 0 Å². The smallest absolute Gasteiger partial charge is 0.408 e. The van der Waals surface area contributed by atoms with Gasteiger partial charge in [-0.1, -0.05) is 30.3 Å². The van der Waals surface area contributed by atoms with E-state index in [2.05, 4.69) is 5.32 Å². The van der Waals surface area contributed by atoms with Gasteiger partial charge >= 0.3 is 12.1 Å². The van der Waals surface area contributed by atoms with Gasteiger partial charge in [-0.05, 0) is 26.3 Å². The maximum atomic E-state index is 13.0. The molecule has 2 atom stereocenters. The second-order valence-electron chi connectivity index (χ2n) is 7.86. The summed E-state index contributed by atoms with van der Waals surface area (Å²) in [5.41, 5.74) is 0.180. The summed E-state index contributed by atoms with van der Waals surface area (Å²) in [6.45, 7) is 5.82. The highest BCUT2D eigenvalue weighted by Gasteiger charge is 2.46. The predicted molar refractivity (Wildman–Crippen MR) is 105 cm³/mol. The molecule has 1 fully saturated rings. The standard InChI is InChI=1S/C21H31NO7/c1-20(2,3)29-19(24)22-16(13-15-9-7-6-8-10-15)18(23)28-17-14-27-12-11-21(17,25-4)26-5/h6-10,16-17H,11-14H2,1-5H3,(H,22,24)/t16-,17+/m0/s1. The van der Waals surface area contributed by atoms with E-state index < -0.39 is 35.6 Å². The van der Waals surface area contributed by atoms with Crippen LogP contribution in [0, 0.1) is 0 Å². The number of carbonyl (C=O) groups is 2. The monoisotopic (exact) mass is 409 g/mol. The number of methoxy groups -OCH3 is 2. The third-order valence-corrected chi connectivity index (χ3v) is 4.56. The second kappa shape index (κ2) is 10.0. The summed E-state index contributed by atoms with van der Waals surface area (Å²) in [6, 6.07) is 8.40. The summed E-state index contributed by atoms with van der Waals surface area (Å²) >= 11 is 0. The number of amides is 1. The van der Waals surface area contributed by atoms with Crippen molar-refractivity contribution >= 4 is 12.1 Å². The van der Waals surface area contributed by atoms with Gasteiger partial charge in [-0.15, -0.1) is 0 Å². The van der Waals surface area contributed by atoms with Gasteiger partial charge in [-0.2, -0.15) is 0 Å². The lowest BCUT2D eigenvalue weighted by atomic mass is 10.0. The molecular formula is C21H31NO7. The first kappa shape index (κ1) is 23.1. The summed E-state index contributed by atoms with van der Waals surface area (Å²) < 4.78 is 27.4. The number of ether oxygens (including phenoxy) is 5. The Balaban J connectivity index is 2.15. The highest BCUT2D eigenvalue weighted by atomic mass is 16.7. The van der Waals surface area contributed by atoms with Gasteiger partial charge in [0.05, 0.1) is 13.2 Å². The zero-order valence-electron chi connectivity index (χ0n) is 17.7. The van der Waals surface area contributed by atoms with Crippen LogP contribution in [0.25, 0.3) is 0 Å². The molecule has 0 spiro atoms. The quantitative estimate of drug-likeness (QED) is 0.546. The molecule has 0 aliphatic carbocycles. The molecule has 2 rings (SSSR count). The molecule has 0 radical (unpaired) electrons. The van der Waals surface area contributed by atoms with Crippen LogP contribution in [0.5, 0.6) is 0 Å². The van der Waals surface area contributed by atoms with E-state index in [1.165, 1.54) is 14.2 Å². The number of hydrogen-bond acceptors (Lipinski definition) is 7. The Morgan fingerprint density at radius 1 is 1.21 bits per heavy atom. The Kier molecular flexibility index (Phi) is 8.01. The first-order valence-electron chi connectivity index (χ1n) is 9.61. The molecule has 1 N–H and O–H groups in total. The number of nitrogens with one attached hydrogen (secondary N) is 1. The minimum atomic E-state index is -1.09. The van der Waals surface area contributed by atoms with Gasteiger partial charge in [0.2, 0.25) is 5.79 Å². The molecule has 1 amide bonds. The van der Waals surface area contributed by atoms with Gasteiger partial charge in [0.25, 0.3) is 0 Å². The summed E-state index contributed by atoms with van der Waals surface area (Å²) in [4.78, 5) is 25.3. The normalized spacial score (nSPS) is 19.8. The van der Waals surface area contributed by atoms with E-state index in [1.807, 2.05) is 30.3 Å². The SMILES string of the molecule is COC1(OC)CCOC[C@H]1OC(=O)[C@H](Cc1ccccc1)NC(=O)OC(C)(C)C. The average Bonchev–Trinajstić information content (AvgIpc) is 2.67. The lowest BCUT2D eigenvalue weighted by molar-refractivity contribution is -0.297. The minimum absolute atomic E-state index is 0.137. The van der Waals surface area contributed by atoms with E-state index in [0.717, 1.165) is 5.56 Å². The van der Waals surface area contributed by atoms with Crippen LogP contribution in [0.1, 0.15) is 32.8 Å². The fourth-order valence-corrected chi connectivity index (χ4v) is 3.08. The molecule has 0 saturated carbocycles. The molecule has 1 aliphatic heterocycles. The molecule has 0 bridgehead atoms. The number of alkyl carbamates (subject to hydrolysis) is 1. The molecule has 1 heterocycles. The summed E-state index contributed by atoms with van der Waals surface area (Å²) in [5, 5.41) is 2.62. The first-order chi connectivity index (χ1) is 13.7. The van der Waals surface area contributed by atoms with Gasteiger partial charge in [0, 0.05) is 27.1 Å². The van der Waals surface area contributed by atoms with Crippen molar-refractivity contribution in [3.8, 4) is 0 Å². The van der Waals surface area contributed by atoms with Crippen LogP contribution in [-0.4, -0.2) is 63.0 Å². The van der Waals surface area contributed by atoms with Gasteiger partial charge in [-0.25, -0.2) is 9.59 Å². The Morgan fingerprint density at radius 2 is 1.86 bits per heavy atom. The van der Waals surface area contributed by atoms with Crippen molar-refractivity contribution in [2.75, 3.05) is 27.4 Å². The lowest BCUT2D eigenvalue weighted by Gasteiger charge is -2.40. The van der Waals surface area contributed by atoms with Crippen molar-refractivity contribution in [3.63, 3.8) is 0 Å². The molecule has 1 aliphatic rings. The number of hydrogen-bond donors (Lipinski definition) is 1. The van der Waals surface area contributed by atoms with Crippen molar-refractivity contribution < 1.29 is 33.3 Å². The molecule has 8 nitrogen and oxygen atoms in total. The van der Waals surface area contributed by atoms with Crippen LogP contribution in [0.4, 0.5) is 4.79 Å². The molecule has 1 aromatic carbocycles. The Labute approximate surface area is 171 Å². The summed E-state index contributed by atoms with van der Waals surface area (Å²) in [5.74, 6) is -1.70. The van der Waals surface area contributed by atoms with Gasteiger partial charge in [0.15, 0.2) is 6.10 Å². The van der Waals surface area contributed by atoms with Crippen LogP contribution in [0.15, 0.2) is 30.3 Å². The number of benzene rings is 1. The van der Waals surface area contributed by atoms with Crippen LogP contribution >= 0.6 is 0 Å². The molecule has 0 aromatic heterocycles. The fourth-order valence-electron chi connectivity index (χ4n) is 3.08. The highest BCUT2D eigenvalue weighted by molar-refractivity contribution is 5.82. The lowest BCUT2D eigenvalue weighted by Crippen LogP contribution is -2.56. The fraction of sp³-hybridized carbons (Fsp3) is 0.619. The van der Waals surface area contributed by atoms with E-state index in [9.17, 15) is 9.59 Å².